The zero-order valence-corrected chi connectivity index (χ0v) is 7.67. The molecule has 3 nitrogen and oxygen atoms in total. The van der Waals surface area contributed by atoms with Crippen LogP contribution in [0.5, 0.6) is 0 Å². The van der Waals surface area contributed by atoms with Gasteiger partial charge >= 0.3 is 0 Å². The second kappa shape index (κ2) is 2.81. The van der Waals surface area contributed by atoms with Gasteiger partial charge in [-0.15, -0.1) is 0 Å². The number of aromatic nitrogens is 2. The van der Waals surface area contributed by atoms with E-state index in [1.807, 2.05) is 0 Å². The summed E-state index contributed by atoms with van der Waals surface area (Å²) in [6.45, 7) is 6.54. The lowest BCUT2D eigenvalue weighted by molar-refractivity contribution is 0.635. The van der Waals surface area contributed by atoms with Crippen molar-refractivity contribution >= 4 is 5.95 Å². The number of rotatable bonds is 2. The SMILES string of the molecule is CC(C)Cc1cn2c(n1)NCC2. The minimum absolute atomic E-state index is 0.695. The summed E-state index contributed by atoms with van der Waals surface area (Å²) in [6.07, 6.45) is 3.25. The molecule has 3 heteroatoms. The zero-order valence-electron chi connectivity index (χ0n) is 7.67. The first-order valence-corrected chi connectivity index (χ1v) is 4.55. The maximum Gasteiger partial charge on any atom is 0.203 e. The Labute approximate surface area is 72.8 Å². The van der Waals surface area contributed by atoms with Crippen molar-refractivity contribution in [3.05, 3.63) is 11.9 Å². The maximum atomic E-state index is 4.48. The first-order chi connectivity index (χ1) is 5.75. The van der Waals surface area contributed by atoms with Crippen molar-refractivity contribution in [1.29, 1.82) is 0 Å². The van der Waals surface area contributed by atoms with Crippen LogP contribution >= 0.6 is 0 Å². The summed E-state index contributed by atoms with van der Waals surface area (Å²) in [4.78, 5) is 4.48. The van der Waals surface area contributed by atoms with Gasteiger partial charge < -0.3 is 9.88 Å². The van der Waals surface area contributed by atoms with Crippen molar-refractivity contribution in [2.75, 3.05) is 11.9 Å². The Morgan fingerprint density at radius 2 is 2.50 bits per heavy atom. The smallest absolute Gasteiger partial charge is 0.203 e. The van der Waals surface area contributed by atoms with Crippen LogP contribution in [0.4, 0.5) is 5.95 Å². The second-order valence-electron chi connectivity index (χ2n) is 3.77. The molecule has 0 atom stereocenters. The molecule has 0 bridgehead atoms. The molecule has 0 radical (unpaired) electrons. The normalized spacial score (nSPS) is 14.9. The van der Waals surface area contributed by atoms with E-state index in [9.17, 15) is 0 Å². The highest BCUT2D eigenvalue weighted by molar-refractivity contribution is 5.32. The number of fused-ring (bicyclic) bond motifs is 1. The van der Waals surface area contributed by atoms with Crippen LogP contribution in [0.1, 0.15) is 19.5 Å². The Bertz CT molecular complexity index is 254. The monoisotopic (exact) mass is 165 g/mol. The zero-order chi connectivity index (χ0) is 8.55. The van der Waals surface area contributed by atoms with Gasteiger partial charge in [-0.2, -0.15) is 0 Å². The van der Waals surface area contributed by atoms with Crippen LogP contribution in [0.25, 0.3) is 0 Å². The standard InChI is InChI=1S/C9H15N3/c1-7(2)5-8-6-12-4-3-10-9(12)11-8/h6-7H,3-5H2,1-2H3,(H,10,11). The van der Waals surface area contributed by atoms with Crippen molar-refractivity contribution in [2.45, 2.75) is 26.8 Å². The van der Waals surface area contributed by atoms with Crippen LogP contribution in [0.3, 0.4) is 0 Å². The highest BCUT2D eigenvalue weighted by Gasteiger charge is 2.12. The van der Waals surface area contributed by atoms with Gasteiger partial charge in [0.15, 0.2) is 0 Å². The van der Waals surface area contributed by atoms with Crippen LogP contribution in [0, 0.1) is 5.92 Å². The van der Waals surface area contributed by atoms with Gasteiger partial charge in [0.05, 0.1) is 5.69 Å². The van der Waals surface area contributed by atoms with Gasteiger partial charge in [-0.25, -0.2) is 4.98 Å². The fourth-order valence-corrected chi connectivity index (χ4v) is 1.59. The molecule has 0 aliphatic carbocycles. The number of nitrogens with zero attached hydrogens (tertiary/aromatic N) is 2. The Morgan fingerprint density at radius 1 is 1.67 bits per heavy atom. The lowest BCUT2D eigenvalue weighted by Crippen LogP contribution is -1.98. The van der Waals surface area contributed by atoms with E-state index in [0.29, 0.717) is 5.92 Å². The van der Waals surface area contributed by atoms with Crippen LogP contribution in [-0.2, 0) is 13.0 Å². The lowest BCUT2D eigenvalue weighted by Gasteiger charge is -1.99. The van der Waals surface area contributed by atoms with Gasteiger partial charge in [-0.3, -0.25) is 0 Å². The average Bonchev–Trinajstić information content (AvgIpc) is 2.43. The minimum atomic E-state index is 0.695. The summed E-state index contributed by atoms with van der Waals surface area (Å²) in [5.41, 5.74) is 1.22. The first kappa shape index (κ1) is 7.65. The molecule has 0 spiro atoms. The van der Waals surface area contributed by atoms with Crippen LogP contribution in [0.2, 0.25) is 0 Å². The predicted octanol–water partition coefficient (Wildman–Crippen LogP) is 1.51. The third-order valence-corrected chi connectivity index (χ3v) is 2.08. The van der Waals surface area contributed by atoms with Crippen molar-refractivity contribution < 1.29 is 0 Å². The molecule has 66 valence electrons. The molecular formula is C9H15N3. The summed E-state index contributed by atoms with van der Waals surface area (Å²) >= 11 is 0. The lowest BCUT2D eigenvalue weighted by atomic mass is 10.1. The summed E-state index contributed by atoms with van der Waals surface area (Å²) < 4.78 is 2.19. The van der Waals surface area contributed by atoms with E-state index < -0.39 is 0 Å². The molecule has 0 saturated carbocycles. The van der Waals surface area contributed by atoms with Crippen molar-refractivity contribution in [2.24, 2.45) is 5.92 Å². The fourth-order valence-electron chi connectivity index (χ4n) is 1.59. The molecule has 1 aliphatic rings. The first-order valence-electron chi connectivity index (χ1n) is 4.55. The van der Waals surface area contributed by atoms with E-state index in [1.54, 1.807) is 0 Å². The van der Waals surface area contributed by atoms with Gasteiger partial charge in [-0.1, -0.05) is 13.8 Å². The molecule has 1 N–H and O–H groups in total. The Morgan fingerprint density at radius 3 is 3.17 bits per heavy atom. The molecule has 2 rings (SSSR count). The topological polar surface area (TPSA) is 29.9 Å². The van der Waals surface area contributed by atoms with Gasteiger partial charge in [-0.05, 0) is 12.3 Å². The molecule has 0 aromatic carbocycles. The van der Waals surface area contributed by atoms with E-state index >= 15 is 0 Å². The van der Waals surface area contributed by atoms with Gasteiger partial charge in [0.25, 0.3) is 0 Å². The maximum absolute atomic E-state index is 4.48. The van der Waals surface area contributed by atoms with E-state index in [1.165, 1.54) is 5.69 Å². The highest BCUT2D eigenvalue weighted by Crippen LogP contribution is 2.15. The van der Waals surface area contributed by atoms with Crippen LogP contribution in [-0.4, -0.2) is 16.1 Å². The molecule has 0 fully saturated rings. The molecule has 1 aromatic heterocycles. The quantitative estimate of drug-likeness (QED) is 0.719. The molecule has 1 aromatic rings. The number of anilines is 1. The highest BCUT2D eigenvalue weighted by atomic mass is 15.3. The van der Waals surface area contributed by atoms with Gasteiger partial charge in [0.2, 0.25) is 5.95 Å². The summed E-state index contributed by atoms with van der Waals surface area (Å²) in [6, 6.07) is 0. The van der Waals surface area contributed by atoms with E-state index in [0.717, 1.165) is 25.5 Å². The number of imidazole rings is 1. The molecular weight excluding hydrogens is 150 g/mol. The predicted molar refractivity (Wildman–Crippen MR) is 49.3 cm³/mol. The van der Waals surface area contributed by atoms with Crippen molar-refractivity contribution in [1.82, 2.24) is 9.55 Å². The van der Waals surface area contributed by atoms with E-state index in [4.69, 9.17) is 0 Å². The molecule has 1 aliphatic heterocycles. The largest absolute Gasteiger partial charge is 0.354 e. The van der Waals surface area contributed by atoms with Crippen LogP contribution in [0.15, 0.2) is 6.20 Å². The van der Waals surface area contributed by atoms with Gasteiger partial charge in [0, 0.05) is 19.3 Å². The third kappa shape index (κ3) is 1.31. The Hall–Kier alpha value is -0.990. The molecule has 0 unspecified atom stereocenters. The van der Waals surface area contributed by atoms with Crippen molar-refractivity contribution in [3.63, 3.8) is 0 Å². The summed E-state index contributed by atoms with van der Waals surface area (Å²) in [7, 11) is 0. The minimum Gasteiger partial charge on any atom is -0.354 e. The molecule has 12 heavy (non-hydrogen) atoms. The third-order valence-electron chi connectivity index (χ3n) is 2.08. The average molecular weight is 165 g/mol. The Balaban J connectivity index is 2.15. The summed E-state index contributed by atoms with van der Waals surface area (Å²) in [5, 5.41) is 3.25. The fraction of sp³-hybridized carbons (Fsp3) is 0.667. The molecule has 0 amide bonds. The molecule has 2 heterocycles. The number of hydrogen-bond acceptors (Lipinski definition) is 2. The number of hydrogen-bond donors (Lipinski definition) is 1. The number of nitrogens with one attached hydrogen (secondary N) is 1. The van der Waals surface area contributed by atoms with E-state index in [2.05, 4.69) is 34.9 Å². The van der Waals surface area contributed by atoms with E-state index in [-0.39, 0.29) is 0 Å². The molecule has 0 saturated heterocycles. The Kier molecular flexibility index (Phi) is 1.79. The van der Waals surface area contributed by atoms with Gasteiger partial charge in [0.1, 0.15) is 0 Å². The summed E-state index contributed by atoms with van der Waals surface area (Å²) in [5.74, 6) is 1.74. The van der Waals surface area contributed by atoms with Crippen LogP contribution < -0.4 is 5.32 Å². The van der Waals surface area contributed by atoms with Crippen molar-refractivity contribution in [3.8, 4) is 0 Å². The second-order valence-corrected chi connectivity index (χ2v) is 3.77.